The largest absolute Gasteiger partial charge is 0.497 e. The molecule has 1 unspecified atom stereocenters. The number of carbonyl (C=O) groups excluding carboxylic acids is 1. The zero-order chi connectivity index (χ0) is 13.9. The van der Waals surface area contributed by atoms with Gasteiger partial charge >= 0.3 is 0 Å². The summed E-state index contributed by atoms with van der Waals surface area (Å²) in [5, 5.41) is 13.3. The molecule has 1 saturated heterocycles. The van der Waals surface area contributed by atoms with Crippen molar-refractivity contribution in [1.82, 2.24) is 25.5 Å². The molecule has 2 aromatic rings. The minimum Gasteiger partial charge on any atom is -0.497 e. The Labute approximate surface area is 115 Å². The molecule has 2 heterocycles. The number of H-pyrrole nitrogens is 1. The van der Waals surface area contributed by atoms with Crippen molar-refractivity contribution in [2.24, 2.45) is 0 Å². The van der Waals surface area contributed by atoms with Crippen LogP contribution in [0.5, 0.6) is 5.75 Å². The molecule has 1 aromatic carbocycles. The predicted molar refractivity (Wildman–Crippen MR) is 70.2 cm³/mol. The molecule has 0 spiro atoms. The van der Waals surface area contributed by atoms with Gasteiger partial charge in [0.25, 0.3) is 11.7 Å². The monoisotopic (exact) mass is 273 g/mol. The van der Waals surface area contributed by atoms with E-state index < -0.39 is 0 Å². The number of rotatable bonds is 3. The van der Waals surface area contributed by atoms with Gasteiger partial charge in [-0.2, -0.15) is 5.21 Å². The van der Waals surface area contributed by atoms with Crippen molar-refractivity contribution in [2.75, 3.05) is 13.7 Å². The van der Waals surface area contributed by atoms with Crippen LogP contribution in [0.25, 0.3) is 0 Å². The highest BCUT2D eigenvalue weighted by Gasteiger charge is 2.32. The van der Waals surface area contributed by atoms with Crippen LogP contribution in [0, 0.1) is 0 Å². The lowest BCUT2D eigenvalue weighted by atomic mass is 10.0. The van der Waals surface area contributed by atoms with E-state index in [4.69, 9.17) is 4.74 Å². The number of aromatic nitrogens is 4. The number of amides is 1. The van der Waals surface area contributed by atoms with Crippen molar-refractivity contribution < 1.29 is 9.53 Å². The van der Waals surface area contributed by atoms with Gasteiger partial charge in [0.1, 0.15) is 5.75 Å². The van der Waals surface area contributed by atoms with E-state index in [0.717, 1.165) is 24.2 Å². The number of nitrogens with zero attached hydrogens (tertiary/aromatic N) is 4. The summed E-state index contributed by atoms with van der Waals surface area (Å²) >= 11 is 0. The number of carbonyl (C=O) groups is 1. The number of nitrogens with one attached hydrogen (secondary N) is 1. The topological polar surface area (TPSA) is 84.0 Å². The lowest BCUT2D eigenvalue weighted by molar-refractivity contribution is 0.0723. The maximum Gasteiger partial charge on any atom is 0.295 e. The third kappa shape index (κ3) is 2.22. The lowest BCUT2D eigenvalue weighted by Gasteiger charge is -2.24. The molecule has 1 aliphatic heterocycles. The van der Waals surface area contributed by atoms with Gasteiger partial charge in [-0.3, -0.25) is 4.79 Å². The molecule has 0 radical (unpaired) electrons. The van der Waals surface area contributed by atoms with E-state index in [9.17, 15) is 4.79 Å². The van der Waals surface area contributed by atoms with Crippen LogP contribution in [-0.2, 0) is 0 Å². The highest BCUT2D eigenvalue weighted by Crippen LogP contribution is 2.33. The number of methoxy groups -OCH3 is 1. The first kappa shape index (κ1) is 12.6. The van der Waals surface area contributed by atoms with Gasteiger partial charge < -0.3 is 9.64 Å². The molecule has 1 N–H and O–H groups in total. The normalized spacial score (nSPS) is 18.2. The van der Waals surface area contributed by atoms with Gasteiger partial charge in [-0.05, 0) is 35.8 Å². The molecule has 7 nitrogen and oxygen atoms in total. The van der Waals surface area contributed by atoms with Crippen LogP contribution in [-0.4, -0.2) is 45.1 Å². The SMILES string of the molecule is COc1cccc(C2CCCN2C(=O)c2nn[nH]n2)c1. The van der Waals surface area contributed by atoms with E-state index in [-0.39, 0.29) is 17.8 Å². The van der Waals surface area contributed by atoms with Crippen molar-refractivity contribution in [2.45, 2.75) is 18.9 Å². The van der Waals surface area contributed by atoms with Gasteiger partial charge in [0.2, 0.25) is 0 Å². The average Bonchev–Trinajstić information content (AvgIpc) is 3.17. The first-order valence-electron chi connectivity index (χ1n) is 6.48. The molecule has 7 heteroatoms. The molecule has 1 aliphatic rings. The Bertz CT molecular complexity index is 599. The molecule has 0 saturated carbocycles. The van der Waals surface area contributed by atoms with Gasteiger partial charge in [0.05, 0.1) is 13.2 Å². The Hall–Kier alpha value is -2.44. The van der Waals surface area contributed by atoms with Crippen molar-refractivity contribution in [3.63, 3.8) is 0 Å². The number of likely N-dealkylation sites (tertiary alicyclic amines) is 1. The first-order chi connectivity index (χ1) is 9.79. The minimum atomic E-state index is -0.191. The molecule has 0 bridgehead atoms. The Kier molecular flexibility index (Phi) is 3.32. The average molecular weight is 273 g/mol. The molecule has 1 aromatic heterocycles. The molecular formula is C13H15N5O2. The van der Waals surface area contributed by atoms with Gasteiger partial charge in [-0.1, -0.05) is 12.1 Å². The maximum absolute atomic E-state index is 12.4. The number of hydrogen-bond acceptors (Lipinski definition) is 5. The van der Waals surface area contributed by atoms with Gasteiger partial charge in [-0.15, -0.1) is 10.2 Å². The molecule has 1 amide bonds. The highest BCUT2D eigenvalue weighted by molar-refractivity contribution is 5.90. The van der Waals surface area contributed by atoms with Crippen molar-refractivity contribution in [3.8, 4) is 5.75 Å². The molecule has 20 heavy (non-hydrogen) atoms. The number of benzene rings is 1. The van der Waals surface area contributed by atoms with E-state index in [0.29, 0.717) is 6.54 Å². The molecule has 1 fully saturated rings. The fraction of sp³-hybridized carbons (Fsp3) is 0.385. The summed E-state index contributed by atoms with van der Waals surface area (Å²) in [5.41, 5.74) is 1.07. The van der Waals surface area contributed by atoms with E-state index in [1.54, 1.807) is 12.0 Å². The zero-order valence-electron chi connectivity index (χ0n) is 11.1. The fourth-order valence-electron chi connectivity index (χ4n) is 2.59. The molecule has 104 valence electrons. The lowest BCUT2D eigenvalue weighted by Crippen LogP contribution is -2.31. The molecule has 3 rings (SSSR count). The summed E-state index contributed by atoms with van der Waals surface area (Å²) in [7, 11) is 1.63. The molecule has 0 aliphatic carbocycles. The molecule has 1 atom stereocenters. The Morgan fingerprint density at radius 1 is 1.50 bits per heavy atom. The third-order valence-corrected chi connectivity index (χ3v) is 3.53. The van der Waals surface area contributed by atoms with Crippen molar-refractivity contribution >= 4 is 5.91 Å². The highest BCUT2D eigenvalue weighted by atomic mass is 16.5. The smallest absolute Gasteiger partial charge is 0.295 e. The minimum absolute atomic E-state index is 0.0381. The predicted octanol–water partition coefficient (Wildman–Crippen LogP) is 1.19. The van der Waals surface area contributed by atoms with Crippen LogP contribution >= 0.6 is 0 Å². The summed E-state index contributed by atoms with van der Waals surface area (Å²) in [4.78, 5) is 14.1. The van der Waals surface area contributed by atoms with Crippen LogP contribution in [0.4, 0.5) is 0 Å². The van der Waals surface area contributed by atoms with E-state index in [2.05, 4.69) is 20.6 Å². The van der Waals surface area contributed by atoms with Crippen LogP contribution in [0.3, 0.4) is 0 Å². The van der Waals surface area contributed by atoms with Crippen molar-refractivity contribution in [1.29, 1.82) is 0 Å². The quantitative estimate of drug-likeness (QED) is 0.908. The van der Waals surface area contributed by atoms with Crippen LogP contribution in [0.2, 0.25) is 0 Å². The van der Waals surface area contributed by atoms with Gasteiger partial charge in [0, 0.05) is 6.54 Å². The Balaban J connectivity index is 1.86. The van der Waals surface area contributed by atoms with Gasteiger partial charge in [-0.25, -0.2) is 0 Å². The third-order valence-electron chi connectivity index (χ3n) is 3.53. The first-order valence-corrected chi connectivity index (χ1v) is 6.48. The van der Waals surface area contributed by atoms with Gasteiger partial charge in [0.15, 0.2) is 0 Å². The summed E-state index contributed by atoms with van der Waals surface area (Å²) < 4.78 is 5.24. The van der Waals surface area contributed by atoms with Crippen LogP contribution in [0.1, 0.15) is 35.1 Å². The Morgan fingerprint density at radius 2 is 2.40 bits per heavy atom. The summed E-state index contributed by atoms with van der Waals surface area (Å²) in [6, 6.07) is 7.84. The Morgan fingerprint density at radius 3 is 3.15 bits per heavy atom. The van der Waals surface area contributed by atoms with Crippen LogP contribution in [0.15, 0.2) is 24.3 Å². The molecular weight excluding hydrogens is 258 g/mol. The summed E-state index contributed by atoms with van der Waals surface area (Å²) in [6.07, 6.45) is 1.89. The summed E-state index contributed by atoms with van der Waals surface area (Å²) in [5.74, 6) is 0.713. The zero-order valence-corrected chi connectivity index (χ0v) is 11.1. The van der Waals surface area contributed by atoms with Crippen molar-refractivity contribution in [3.05, 3.63) is 35.7 Å². The van der Waals surface area contributed by atoms with E-state index >= 15 is 0 Å². The number of aromatic amines is 1. The second kappa shape index (κ2) is 5.28. The fourth-order valence-corrected chi connectivity index (χ4v) is 2.59. The second-order valence-electron chi connectivity index (χ2n) is 4.67. The number of ether oxygens (including phenoxy) is 1. The number of hydrogen-bond donors (Lipinski definition) is 1. The van der Waals surface area contributed by atoms with Crippen LogP contribution < -0.4 is 4.74 Å². The maximum atomic E-state index is 12.4. The number of tetrazole rings is 1. The standard InChI is InChI=1S/C13H15N5O2/c1-20-10-5-2-4-9(8-10)11-6-3-7-18(11)13(19)12-14-16-17-15-12/h2,4-5,8,11H,3,6-7H2,1H3,(H,14,15,16,17). The second-order valence-corrected chi connectivity index (χ2v) is 4.67. The summed E-state index contributed by atoms with van der Waals surface area (Å²) in [6.45, 7) is 0.704. The van der Waals surface area contributed by atoms with E-state index in [1.165, 1.54) is 0 Å². The van der Waals surface area contributed by atoms with E-state index in [1.807, 2.05) is 24.3 Å².